The van der Waals surface area contributed by atoms with Crippen molar-refractivity contribution < 1.29 is 9.90 Å². The van der Waals surface area contributed by atoms with Crippen molar-refractivity contribution in [2.75, 3.05) is 0 Å². The highest BCUT2D eigenvalue weighted by Gasteiger charge is 2.12. The van der Waals surface area contributed by atoms with Crippen LogP contribution < -0.4 is 0 Å². The highest BCUT2D eigenvalue weighted by molar-refractivity contribution is 6.34. The zero-order valence-corrected chi connectivity index (χ0v) is 8.73. The Labute approximate surface area is 89.3 Å². The number of hydrogen-bond donors (Lipinski definition) is 2. The van der Waals surface area contributed by atoms with Gasteiger partial charge in [-0.2, -0.15) is 0 Å². The molecular weight excluding hydrogens is 190 g/mol. The monoisotopic (exact) mass is 205 g/mol. The van der Waals surface area contributed by atoms with E-state index in [0.717, 1.165) is 6.42 Å². The molecule has 15 heavy (non-hydrogen) atoms. The first-order valence-corrected chi connectivity index (χ1v) is 4.94. The molecule has 0 saturated heterocycles. The number of aliphatic carboxylic acids is 1. The molecule has 0 heterocycles. The summed E-state index contributed by atoms with van der Waals surface area (Å²) in [5.41, 5.74) is 0.974. The molecule has 1 aromatic rings. The summed E-state index contributed by atoms with van der Waals surface area (Å²) in [6.45, 7) is 1.96. The normalized spacial score (nSPS) is 12.1. The van der Waals surface area contributed by atoms with Crippen LogP contribution in [-0.4, -0.2) is 16.8 Å². The number of carboxylic acids is 1. The summed E-state index contributed by atoms with van der Waals surface area (Å²) in [4.78, 5) is 10.5. The van der Waals surface area contributed by atoms with Crippen molar-refractivity contribution in [3.05, 3.63) is 35.9 Å². The van der Waals surface area contributed by atoms with Crippen LogP contribution in [-0.2, 0) is 11.2 Å². The second-order valence-corrected chi connectivity index (χ2v) is 3.78. The lowest BCUT2D eigenvalue weighted by atomic mass is 9.96. The van der Waals surface area contributed by atoms with Crippen molar-refractivity contribution in [1.29, 1.82) is 5.41 Å². The van der Waals surface area contributed by atoms with Gasteiger partial charge in [0.2, 0.25) is 0 Å². The highest BCUT2D eigenvalue weighted by Crippen LogP contribution is 2.11. The van der Waals surface area contributed by atoms with Crippen LogP contribution in [0.3, 0.4) is 0 Å². The number of carboxylic acid groups (broad SMARTS) is 1. The van der Waals surface area contributed by atoms with Crippen molar-refractivity contribution in [1.82, 2.24) is 0 Å². The summed E-state index contributed by atoms with van der Waals surface area (Å²) in [5, 5.41) is 15.8. The van der Waals surface area contributed by atoms with E-state index in [2.05, 4.69) is 0 Å². The molecule has 1 unspecified atom stereocenters. The van der Waals surface area contributed by atoms with Gasteiger partial charge >= 0.3 is 5.97 Å². The van der Waals surface area contributed by atoms with E-state index in [1.165, 1.54) is 5.56 Å². The SMILES string of the molecule is CC(CC(=N)C(=O)O)Cc1ccccc1. The average Bonchev–Trinajstić information content (AvgIpc) is 2.18. The van der Waals surface area contributed by atoms with Crippen LogP contribution >= 0.6 is 0 Å². The predicted molar refractivity (Wildman–Crippen MR) is 59.3 cm³/mol. The van der Waals surface area contributed by atoms with Crippen molar-refractivity contribution in [3.63, 3.8) is 0 Å². The maximum Gasteiger partial charge on any atom is 0.349 e. The van der Waals surface area contributed by atoms with Crippen LogP contribution in [0.4, 0.5) is 0 Å². The standard InChI is InChI=1S/C12H15NO2/c1-9(8-11(13)12(14)15)7-10-5-3-2-4-6-10/h2-6,9,13H,7-8H2,1H3,(H,14,15). The number of carbonyl (C=O) groups is 1. The third kappa shape index (κ3) is 3.94. The molecule has 0 aliphatic heterocycles. The van der Waals surface area contributed by atoms with Crippen LogP contribution in [0, 0.1) is 11.3 Å². The summed E-state index contributed by atoms with van der Waals surface area (Å²) in [6, 6.07) is 9.91. The first kappa shape index (κ1) is 11.4. The van der Waals surface area contributed by atoms with Crippen molar-refractivity contribution in [2.45, 2.75) is 19.8 Å². The molecule has 0 radical (unpaired) electrons. The summed E-state index contributed by atoms with van der Waals surface area (Å²) >= 11 is 0. The molecule has 0 aromatic heterocycles. The molecule has 2 N–H and O–H groups in total. The Morgan fingerprint density at radius 2 is 2.00 bits per heavy atom. The Kier molecular flexibility index (Phi) is 4.03. The lowest BCUT2D eigenvalue weighted by Crippen LogP contribution is -2.16. The largest absolute Gasteiger partial charge is 0.477 e. The van der Waals surface area contributed by atoms with Crippen LogP contribution in [0.2, 0.25) is 0 Å². The molecule has 0 aliphatic rings. The van der Waals surface area contributed by atoms with E-state index >= 15 is 0 Å². The minimum absolute atomic E-state index is 0.191. The minimum atomic E-state index is -1.12. The fourth-order valence-electron chi connectivity index (χ4n) is 1.52. The van der Waals surface area contributed by atoms with Crippen molar-refractivity contribution >= 4 is 11.7 Å². The van der Waals surface area contributed by atoms with Crippen LogP contribution in [0.1, 0.15) is 18.9 Å². The predicted octanol–water partition coefficient (Wildman–Crippen LogP) is 2.36. The molecule has 1 aromatic carbocycles. The Balaban J connectivity index is 2.46. The molecular formula is C12H15NO2. The van der Waals surface area contributed by atoms with E-state index in [4.69, 9.17) is 10.5 Å². The van der Waals surface area contributed by atoms with Crippen LogP contribution in [0.15, 0.2) is 30.3 Å². The molecule has 0 saturated carbocycles. The maximum absolute atomic E-state index is 10.5. The fraction of sp³-hybridized carbons (Fsp3) is 0.333. The topological polar surface area (TPSA) is 61.2 Å². The van der Waals surface area contributed by atoms with Gasteiger partial charge in [0.05, 0.1) is 0 Å². The van der Waals surface area contributed by atoms with Gasteiger partial charge in [-0.3, -0.25) is 5.41 Å². The quantitative estimate of drug-likeness (QED) is 0.725. The number of rotatable bonds is 5. The smallest absolute Gasteiger partial charge is 0.349 e. The molecule has 3 nitrogen and oxygen atoms in total. The third-order valence-electron chi connectivity index (χ3n) is 2.24. The van der Waals surface area contributed by atoms with Crippen LogP contribution in [0.5, 0.6) is 0 Å². The van der Waals surface area contributed by atoms with Gasteiger partial charge in [0.1, 0.15) is 5.71 Å². The van der Waals surface area contributed by atoms with E-state index in [-0.39, 0.29) is 11.6 Å². The van der Waals surface area contributed by atoms with Gasteiger partial charge in [-0.25, -0.2) is 4.79 Å². The number of nitrogens with one attached hydrogen (secondary N) is 1. The molecule has 0 spiro atoms. The first-order valence-electron chi connectivity index (χ1n) is 4.94. The van der Waals surface area contributed by atoms with E-state index in [9.17, 15) is 4.79 Å². The van der Waals surface area contributed by atoms with E-state index in [1.54, 1.807) is 0 Å². The summed E-state index contributed by atoms with van der Waals surface area (Å²) in [5.74, 6) is -0.925. The lowest BCUT2D eigenvalue weighted by molar-refractivity contribution is -0.129. The lowest BCUT2D eigenvalue weighted by Gasteiger charge is -2.09. The van der Waals surface area contributed by atoms with Gasteiger partial charge in [-0.15, -0.1) is 0 Å². The Morgan fingerprint density at radius 3 is 2.53 bits per heavy atom. The van der Waals surface area contributed by atoms with Crippen molar-refractivity contribution in [2.24, 2.45) is 5.92 Å². The van der Waals surface area contributed by atoms with Crippen LogP contribution in [0.25, 0.3) is 0 Å². The first-order chi connectivity index (χ1) is 7.09. The molecule has 0 amide bonds. The van der Waals surface area contributed by atoms with Gasteiger partial charge < -0.3 is 5.11 Å². The zero-order valence-electron chi connectivity index (χ0n) is 8.73. The second kappa shape index (κ2) is 5.29. The highest BCUT2D eigenvalue weighted by atomic mass is 16.4. The molecule has 80 valence electrons. The van der Waals surface area contributed by atoms with Gasteiger partial charge in [-0.1, -0.05) is 37.3 Å². The molecule has 0 aliphatic carbocycles. The van der Waals surface area contributed by atoms with Gasteiger partial charge in [0, 0.05) is 0 Å². The third-order valence-corrected chi connectivity index (χ3v) is 2.24. The molecule has 0 bridgehead atoms. The Bertz CT molecular complexity index is 346. The number of hydrogen-bond acceptors (Lipinski definition) is 2. The van der Waals surface area contributed by atoms with Gasteiger partial charge in [0.15, 0.2) is 0 Å². The van der Waals surface area contributed by atoms with Crippen molar-refractivity contribution in [3.8, 4) is 0 Å². The van der Waals surface area contributed by atoms with E-state index in [0.29, 0.717) is 6.42 Å². The Morgan fingerprint density at radius 1 is 1.40 bits per heavy atom. The van der Waals surface area contributed by atoms with E-state index < -0.39 is 5.97 Å². The molecule has 1 atom stereocenters. The van der Waals surface area contributed by atoms with E-state index in [1.807, 2.05) is 37.3 Å². The summed E-state index contributed by atoms with van der Waals surface area (Å²) in [6.07, 6.45) is 1.14. The van der Waals surface area contributed by atoms with Gasteiger partial charge in [0.25, 0.3) is 0 Å². The minimum Gasteiger partial charge on any atom is -0.477 e. The summed E-state index contributed by atoms with van der Waals surface area (Å²) in [7, 11) is 0. The zero-order chi connectivity index (χ0) is 11.3. The van der Waals surface area contributed by atoms with Gasteiger partial charge in [-0.05, 0) is 24.3 Å². The fourth-order valence-corrected chi connectivity index (χ4v) is 1.52. The molecule has 1 rings (SSSR count). The average molecular weight is 205 g/mol. The second-order valence-electron chi connectivity index (χ2n) is 3.78. The molecule has 3 heteroatoms. The molecule has 0 fully saturated rings. The Hall–Kier alpha value is -1.64. The summed E-state index contributed by atoms with van der Waals surface area (Å²) < 4.78 is 0. The maximum atomic E-state index is 10.5. The number of benzene rings is 1.